The predicted octanol–water partition coefficient (Wildman–Crippen LogP) is 3.08. The number of nitrogens with one attached hydrogen (secondary N) is 1. The van der Waals surface area contributed by atoms with Gasteiger partial charge in [-0.3, -0.25) is 4.72 Å². The van der Waals surface area contributed by atoms with Crippen LogP contribution in [0.4, 0.5) is 10.1 Å². The zero-order chi connectivity index (χ0) is 13.9. The Kier molecular flexibility index (Phi) is 3.85. The quantitative estimate of drug-likeness (QED) is 0.935. The molecule has 0 heterocycles. The Balaban J connectivity index is 2.20. The fourth-order valence-corrected chi connectivity index (χ4v) is 2.96. The van der Waals surface area contributed by atoms with Gasteiger partial charge in [-0.05, 0) is 30.2 Å². The highest BCUT2D eigenvalue weighted by Crippen LogP contribution is 2.18. The Morgan fingerprint density at radius 2 is 1.79 bits per heavy atom. The average molecular weight is 279 g/mol. The summed E-state index contributed by atoms with van der Waals surface area (Å²) in [5, 5.41) is 0. The minimum Gasteiger partial charge on any atom is -0.283 e. The molecule has 0 saturated carbocycles. The first kappa shape index (κ1) is 13.5. The predicted molar refractivity (Wildman–Crippen MR) is 73.8 cm³/mol. The van der Waals surface area contributed by atoms with E-state index in [-0.39, 0.29) is 11.4 Å². The van der Waals surface area contributed by atoms with Gasteiger partial charge in [-0.1, -0.05) is 36.4 Å². The Morgan fingerprint density at radius 1 is 1.11 bits per heavy atom. The Bertz CT molecular complexity index is 669. The molecule has 2 aromatic rings. The number of aryl methyl sites for hydroxylation is 1. The molecule has 0 aliphatic rings. The lowest BCUT2D eigenvalue weighted by atomic mass is 10.2. The van der Waals surface area contributed by atoms with Crippen LogP contribution in [-0.2, 0) is 15.8 Å². The summed E-state index contributed by atoms with van der Waals surface area (Å²) in [4.78, 5) is 0. The number of rotatable bonds is 4. The van der Waals surface area contributed by atoms with E-state index in [2.05, 4.69) is 4.72 Å². The Hall–Kier alpha value is -1.88. The van der Waals surface area contributed by atoms with Gasteiger partial charge < -0.3 is 0 Å². The van der Waals surface area contributed by atoms with Gasteiger partial charge in [0.25, 0.3) is 0 Å². The first-order valence-corrected chi connectivity index (χ1v) is 7.42. The monoisotopic (exact) mass is 279 g/mol. The van der Waals surface area contributed by atoms with E-state index in [0.717, 1.165) is 0 Å². The summed E-state index contributed by atoms with van der Waals surface area (Å²) < 4.78 is 39.5. The number of hydrogen-bond acceptors (Lipinski definition) is 2. The van der Waals surface area contributed by atoms with Crippen molar-refractivity contribution >= 4 is 15.7 Å². The summed E-state index contributed by atoms with van der Waals surface area (Å²) in [6, 6.07) is 12.9. The van der Waals surface area contributed by atoms with Gasteiger partial charge in [0.2, 0.25) is 10.0 Å². The number of anilines is 1. The average Bonchev–Trinajstić information content (AvgIpc) is 2.34. The summed E-state index contributed by atoms with van der Waals surface area (Å²) in [6.45, 7) is 1.72. The maximum atomic E-state index is 13.1. The molecule has 3 nitrogen and oxygen atoms in total. The third-order valence-electron chi connectivity index (χ3n) is 2.66. The summed E-state index contributed by atoms with van der Waals surface area (Å²) in [5.74, 6) is -0.605. The van der Waals surface area contributed by atoms with Crippen LogP contribution in [0.15, 0.2) is 48.5 Å². The molecular weight excluding hydrogens is 265 g/mol. The smallest absolute Gasteiger partial charge is 0.236 e. The van der Waals surface area contributed by atoms with E-state index in [1.54, 1.807) is 31.2 Å². The summed E-state index contributed by atoms with van der Waals surface area (Å²) in [6.07, 6.45) is 0. The highest BCUT2D eigenvalue weighted by molar-refractivity contribution is 7.91. The van der Waals surface area contributed by atoms with Crippen molar-refractivity contribution in [1.29, 1.82) is 0 Å². The van der Waals surface area contributed by atoms with Gasteiger partial charge >= 0.3 is 0 Å². The van der Waals surface area contributed by atoms with Crippen LogP contribution in [0.1, 0.15) is 11.1 Å². The van der Waals surface area contributed by atoms with Crippen molar-refractivity contribution < 1.29 is 12.8 Å². The fraction of sp³-hybridized carbons (Fsp3) is 0.143. The molecule has 100 valence electrons. The summed E-state index contributed by atoms with van der Waals surface area (Å²) >= 11 is 0. The van der Waals surface area contributed by atoms with E-state index >= 15 is 0 Å². The van der Waals surface area contributed by atoms with Crippen molar-refractivity contribution in [1.82, 2.24) is 0 Å². The number of halogens is 1. The molecule has 0 radical (unpaired) electrons. The van der Waals surface area contributed by atoms with E-state index in [1.807, 2.05) is 6.07 Å². The molecule has 0 aromatic heterocycles. The SMILES string of the molecule is Cc1ccc(F)cc1NS(=O)(=O)Cc1ccccc1. The molecule has 0 aliphatic carbocycles. The van der Waals surface area contributed by atoms with Gasteiger partial charge in [0.15, 0.2) is 0 Å². The molecule has 2 aromatic carbocycles. The molecular formula is C14H14FNO2S. The van der Waals surface area contributed by atoms with Crippen molar-refractivity contribution in [2.75, 3.05) is 4.72 Å². The number of benzene rings is 2. The second-order valence-corrected chi connectivity index (χ2v) is 6.03. The molecule has 0 spiro atoms. The van der Waals surface area contributed by atoms with Crippen LogP contribution in [0.2, 0.25) is 0 Å². The minimum absolute atomic E-state index is 0.135. The first-order valence-electron chi connectivity index (χ1n) is 5.77. The molecule has 2 rings (SSSR count). The Labute approximate surface area is 112 Å². The van der Waals surface area contributed by atoms with Crippen molar-refractivity contribution in [3.8, 4) is 0 Å². The van der Waals surface area contributed by atoms with Crippen LogP contribution in [0.5, 0.6) is 0 Å². The van der Waals surface area contributed by atoms with Crippen LogP contribution in [0.3, 0.4) is 0 Å². The van der Waals surface area contributed by atoms with E-state index in [4.69, 9.17) is 0 Å². The van der Waals surface area contributed by atoms with Crippen LogP contribution >= 0.6 is 0 Å². The van der Waals surface area contributed by atoms with Crippen LogP contribution in [-0.4, -0.2) is 8.42 Å². The minimum atomic E-state index is -3.54. The van der Waals surface area contributed by atoms with Gasteiger partial charge in [-0.25, -0.2) is 12.8 Å². The summed E-state index contributed by atoms with van der Waals surface area (Å²) in [5.41, 5.74) is 1.64. The van der Waals surface area contributed by atoms with Gasteiger partial charge in [0.1, 0.15) is 5.82 Å². The lowest BCUT2D eigenvalue weighted by Crippen LogP contribution is -2.15. The molecule has 0 atom stereocenters. The van der Waals surface area contributed by atoms with E-state index in [1.165, 1.54) is 18.2 Å². The molecule has 0 saturated heterocycles. The molecule has 0 bridgehead atoms. The fourth-order valence-electron chi connectivity index (χ4n) is 1.70. The van der Waals surface area contributed by atoms with E-state index in [0.29, 0.717) is 11.1 Å². The van der Waals surface area contributed by atoms with Gasteiger partial charge in [0, 0.05) is 0 Å². The van der Waals surface area contributed by atoms with Crippen LogP contribution in [0, 0.1) is 12.7 Å². The zero-order valence-electron chi connectivity index (χ0n) is 10.4. The molecule has 1 N–H and O–H groups in total. The third kappa shape index (κ3) is 3.79. The van der Waals surface area contributed by atoms with Crippen LogP contribution in [0.25, 0.3) is 0 Å². The lowest BCUT2D eigenvalue weighted by Gasteiger charge is -2.10. The Morgan fingerprint density at radius 3 is 2.47 bits per heavy atom. The second kappa shape index (κ2) is 5.40. The number of hydrogen-bond donors (Lipinski definition) is 1. The zero-order valence-corrected chi connectivity index (χ0v) is 11.2. The maximum absolute atomic E-state index is 13.1. The largest absolute Gasteiger partial charge is 0.283 e. The third-order valence-corrected chi connectivity index (χ3v) is 3.91. The van der Waals surface area contributed by atoms with Crippen LogP contribution < -0.4 is 4.72 Å². The highest BCUT2D eigenvalue weighted by Gasteiger charge is 2.13. The number of sulfonamides is 1. The van der Waals surface area contributed by atoms with Gasteiger partial charge in [-0.2, -0.15) is 0 Å². The van der Waals surface area contributed by atoms with Crippen molar-refractivity contribution in [2.45, 2.75) is 12.7 Å². The molecule has 5 heteroatoms. The highest BCUT2D eigenvalue weighted by atomic mass is 32.2. The van der Waals surface area contributed by atoms with E-state index < -0.39 is 15.8 Å². The van der Waals surface area contributed by atoms with Crippen molar-refractivity contribution in [3.63, 3.8) is 0 Å². The first-order chi connectivity index (χ1) is 8.96. The van der Waals surface area contributed by atoms with E-state index in [9.17, 15) is 12.8 Å². The van der Waals surface area contributed by atoms with Crippen molar-refractivity contribution in [3.05, 3.63) is 65.5 Å². The molecule has 0 amide bonds. The normalized spacial score (nSPS) is 11.3. The standard InChI is InChI=1S/C14H14FNO2S/c1-11-7-8-13(15)9-14(11)16-19(17,18)10-12-5-3-2-4-6-12/h2-9,16H,10H2,1H3. The van der Waals surface area contributed by atoms with Crippen molar-refractivity contribution in [2.24, 2.45) is 0 Å². The molecule has 0 unspecified atom stereocenters. The lowest BCUT2D eigenvalue weighted by molar-refractivity contribution is 0.600. The second-order valence-electron chi connectivity index (χ2n) is 4.31. The maximum Gasteiger partial charge on any atom is 0.236 e. The molecule has 0 fully saturated rings. The van der Waals surface area contributed by atoms with Gasteiger partial charge in [-0.15, -0.1) is 0 Å². The van der Waals surface area contributed by atoms with Gasteiger partial charge in [0.05, 0.1) is 11.4 Å². The molecule has 19 heavy (non-hydrogen) atoms. The summed E-state index contributed by atoms with van der Waals surface area (Å²) in [7, 11) is -3.54. The topological polar surface area (TPSA) is 46.2 Å². The molecule has 0 aliphatic heterocycles.